The van der Waals surface area contributed by atoms with E-state index < -0.39 is 54.7 Å². The molecule has 5 heterocycles. The molecule has 3 aliphatic rings. The van der Waals surface area contributed by atoms with Crippen LogP contribution in [0.4, 0.5) is 0 Å². The molecule has 0 aliphatic carbocycles. The van der Waals surface area contributed by atoms with Crippen molar-refractivity contribution in [3.8, 4) is 0 Å². The minimum atomic E-state index is -2.13. The van der Waals surface area contributed by atoms with Gasteiger partial charge in [0, 0.05) is 12.8 Å². The lowest BCUT2D eigenvalue weighted by Gasteiger charge is -2.45. The summed E-state index contributed by atoms with van der Waals surface area (Å²) in [5.74, 6) is -1.07. The number of fused-ring (bicyclic) bond motifs is 5. The number of nitrogens with zero attached hydrogens (tertiary/aromatic N) is 1. The fourth-order valence-electron chi connectivity index (χ4n) is 3.69. The van der Waals surface area contributed by atoms with Crippen LogP contribution in [-0.2, 0) is 19.9 Å². The highest BCUT2D eigenvalue weighted by molar-refractivity contribution is 7.12. The van der Waals surface area contributed by atoms with E-state index in [2.05, 4.69) is 0 Å². The monoisotopic (exact) mass is 397 g/mol. The van der Waals surface area contributed by atoms with Gasteiger partial charge in [0.2, 0.25) is 5.60 Å². The molecule has 4 atom stereocenters. The summed E-state index contributed by atoms with van der Waals surface area (Å²) in [4.78, 5) is 14.0. The number of quaternary nitrogens is 1. The van der Waals surface area contributed by atoms with Crippen LogP contribution >= 0.6 is 22.7 Å². The number of likely N-dealkylation sites (N-methyl/N-ethyl adjacent to an activating group) is 1. The van der Waals surface area contributed by atoms with Crippen LogP contribution < -0.4 is 0 Å². The van der Waals surface area contributed by atoms with E-state index in [1.165, 1.54) is 22.7 Å². The summed E-state index contributed by atoms with van der Waals surface area (Å²) in [6.45, 7) is 0. The zero-order valence-corrected chi connectivity index (χ0v) is 15.9. The molecule has 3 saturated heterocycles. The molecule has 3 fully saturated rings. The molecule has 5 nitrogen and oxygen atoms in total. The average Bonchev–Trinajstić information content (AvgIpc) is 3.18. The second kappa shape index (κ2) is 5.62. The van der Waals surface area contributed by atoms with Gasteiger partial charge in [0.25, 0.3) is 0 Å². The molecule has 4 unspecified atom stereocenters. The largest absolute Gasteiger partial charge is 0.459 e. The van der Waals surface area contributed by atoms with Gasteiger partial charge in [-0.3, -0.25) is 0 Å². The van der Waals surface area contributed by atoms with Gasteiger partial charge in [-0.15, -0.1) is 22.7 Å². The standard InChI is InChI=1S/C19H22NO4S2/c1-20(2)12-9-11(10-13(20)17-16(12)24-17)23-18(21)19(22,14-5-3-7-25-14)15-6-4-8-26-15/h3-8,11-13,16-17,22H,9-10H2,1-2H3/q+1/i11D,12D,13D,16D,17D. The Balaban J connectivity index is 1.53. The maximum absolute atomic E-state index is 13.4. The number of carbonyl (C=O) groups excluding carboxylic acids is 1. The van der Waals surface area contributed by atoms with Crippen molar-refractivity contribution in [1.29, 1.82) is 0 Å². The molecule has 0 radical (unpaired) electrons. The summed E-state index contributed by atoms with van der Waals surface area (Å²) in [5, 5.41) is 14.9. The summed E-state index contributed by atoms with van der Waals surface area (Å²) < 4.78 is 54.5. The Morgan fingerprint density at radius 2 is 1.77 bits per heavy atom. The van der Waals surface area contributed by atoms with Crippen molar-refractivity contribution in [3.63, 3.8) is 0 Å². The molecule has 0 saturated carbocycles. The molecule has 2 bridgehead atoms. The summed E-state index contributed by atoms with van der Waals surface area (Å²) >= 11 is 2.35. The predicted molar refractivity (Wildman–Crippen MR) is 99.1 cm³/mol. The van der Waals surface area contributed by atoms with Crippen molar-refractivity contribution in [2.75, 3.05) is 14.1 Å². The Morgan fingerprint density at radius 1 is 1.23 bits per heavy atom. The number of morpholine rings is 1. The summed E-state index contributed by atoms with van der Waals surface area (Å²) in [6.07, 6.45) is -6.92. The van der Waals surface area contributed by atoms with Crippen LogP contribution in [-0.4, -0.2) is 59.9 Å². The SMILES string of the molecule is [2H]C1(OC(=O)C(O)(c2cccs2)c2cccs2)CC2([2H])C3([2H])OC3([2H])C([2H])(C1)[N+]2(C)C. The Hall–Kier alpha value is -1.25. The number of hydrogen-bond acceptors (Lipinski definition) is 6. The third kappa shape index (κ3) is 2.28. The molecule has 26 heavy (non-hydrogen) atoms. The molecule has 138 valence electrons. The van der Waals surface area contributed by atoms with E-state index in [-0.39, 0.29) is 4.48 Å². The number of hydrogen-bond donors (Lipinski definition) is 1. The molecule has 5 rings (SSSR count). The van der Waals surface area contributed by atoms with Crippen molar-refractivity contribution < 1.29 is 30.7 Å². The highest BCUT2D eigenvalue weighted by Crippen LogP contribution is 2.52. The minimum absolute atomic E-state index is 0.333. The smallest absolute Gasteiger partial charge is 0.349 e. The van der Waals surface area contributed by atoms with Crippen LogP contribution in [0.5, 0.6) is 0 Å². The summed E-state index contributed by atoms with van der Waals surface area (Å²) in [5.41, 5.74) is -2.13. The highest BCUT2D eigenvalue weighted by Gasteiger charge is 2.71. The molecule has 2 aromatic rings. The van der Waals surface area contributed by atoms with Crippen molar-refractivity contribution in [2.24, 2.45) is 0 Å². The fourth-order valence-corrected chi connectivity index (χ4v) is 5.40. The quantitative estimate of drug-likeness (QED) is 0.489. The molecule has 0 amide bonds. The maximum Gasteiger partial charge on any atom is 0.349 e. The van der Waals surface area contributed by atoms with Gasteiger partial charge in [0.1, 0.15) is 30.3 Å². The van der Waals surface area contributed by atoms with Crippen LogP contribution in [0.2, 0.25) is 0 Å². The number of thiophene rings is 2. The normalized spacial score (nSPS) is 51.3. The lowest BCUT2D eigenvalue weighted by Crippen LogP contribution is -2.60. The van der Waals surface area contributed by atoms with Crippen LogP contribution in [0.25, 0.3) is 0 Å². The fraction of sp³-hybridized carbons (Fsp3) is 0.526. The maximum atomic E-state index is 13.4. The molecule has 0 aromatic carbocycles. The van der Waals surface area contributed by atoms with Crippen molar-refractivity contribution in [2.45, 2.75) is 48.7 Å². The van der Waals surface area contributed by atoms with Crippen LogP contribution in [0, 0.1) is 0 Å². The van der Waals surface area contributed by atoms with Gasteiger partial charge < -0.3 is 19.1 Å². The van der Waals surface area contributed by atoms with E-state index in [9.17, 15) is 9.90 Å². The topological polar surface area (TPSA) is 59.1 Å². The second-order valence-corrected chi connectivity index (χ2v) is 8.95. The molecule has 1 N–H and O–H groups in total. The average molecular weight is 398 g/mol. The Labute approximate surface area is 167 Å². The van der Waals surface area contributed by atoms with Crippen molar-refractivity contribution in [1.82, 2.24) is 0 Å². The van der Waals surface area contributed by atoms with Gasteiger partial charge in [-0.1, -0.05) is 12.1 Å². The number of esters is 1. The van der Waals surface area contributed by atoms with Gasteiger partial charge >= 0.3 is 5.97 Å². The van der Waals surface area contributed by atoms with E-state index in [1.54, 1.807) is 49.1 Å². The van der Waals surface area contributed by atoms with Gasteiger partial charge in [-0.05, 0) is 22.9 Å². The van der Waals surface area contributed by atoms with Gasteiger partial charge in [-0.2, -0.15) is 0 Å². The molecule has 3 aliphatic heterocycles. The molecule has 7 heteroatoms. The van der Waals surface area contributed by atoms with Crippen LogP contribution in [0.1, 0.15) is 29.4 Å². The van der Waals surface area contributed by atoms with Crippen LogP contribution in [0.3, 0.4) is 0 Å². The van der Waals surface area contributed by atoms with Gasteiger partial charge in [0.05, 0.1) is 30.7 Å². The first-order valence-corrected chi connectivity index (χ1v) is 10.0. The Kier molecular flexibility index (Phi) is 2.65. The number of rotatable bonds is 4. The number of epoxide rings is 1. The van der Waals surface area contributed by atoms with E-state index in [0.717, 1.165) is 0 Å². The second-order valence-electron chi connectivity index (χ2n) is 7.05. The first-order valence-electron chi connectivity index (χ1n) is 10.8. The molecular formula is C19H22NO4S2+. The minimum Gasteiger partial charge on any atom is -0.459 e. The van der Waals surface area contributed by atoms with Gasteiger partial charge in [-0.25, -0.2) is 4.79 Å². The van der Waals surface area contributed by atoms with E-state index in [0.29, 0.717) is 9.75 Å². The van der Waals surface area contributed by atoms with E-state index >= 15 is 0 Å². The Bertz CT molecular complexity index is 999. The third-order valence-corrected chi connectivity index (χ3v) is 7.22. The number of carbonyl (C=O) groups is 1. The van der Waals surface area contributed by atoms with Crippen molar-refractivity contribution in [3.05, 3.63) is 44.8 Å². The zero-order valence-electron chi connectivity index (χ0n) is 19.3. The third-order valence-electron chi connectivity index (χ3n) is 5.26. The van der Waals surface area contributed by atoms with Crippen molar-refractivity contribution >= 4 is 28.6 Å². The van der Waals surface area contributed by atoms with Gasteiger partial charge in [0.15, 0.2) is 0 Å². The molecule has 2 aromatic heterocycles. The number of piperidine rings is 1. The zero-order chi connectivity index (χ0) is 22.7. The lowest BCUT2D eigenvalue weighted by atomic mass is 9.95. The first-order chi connectivity index (χ1) is 14.2. The van der Waals surface area contributed by atoms with E-state index in [4.69, 9.17) is 16.3 Å². The lowest BCUT2D eigenvalue weighted by molar-refractivity contribution is -0.938. The van der Waals surface area contributed by atoms with E-state index in [1.807, 2.05) is 0 Å². The highest BCUT2D eigenvalue weighted by atomic mass is 32.1. The first kappa shape index (κ1) is 12.3. The van der Waals surface area contributed by atoms with Crippen LogP contribution in [0.15, 0.2) is 35.0 Å². The molecule has 0 spiro atoms. The Morgan fingerprint density at radius 3 is 2.23 bits per heavy atom. The predicted octanol–water partition coefficient (Wildman–Crippen LogP) is 2.35. The number of aliphatic hydroxyl groups is 1. The summed E-state index contributed by atoms with van der Waals surface area (Å²) in [7, 11) is 3.16. The number of ether oxygens (including phenoxy) is 2. The molecular weight excluding hydrogens is 370 g/mol. The summed E-state index contributed by atoms with van der Waals surface area (Å²) in [6, 6.07) is 2.84.